The monoisotopic (exact) mass is 324 g/mol. The van der Waals surface area contributed by atoms with Gasteiger partial charge in [0.1, 0.15) is 18.0 Å². The van der Waals surface area contributed by atoms with Crippen molar-refractivity contribution in [1.82, 2.24) is 4.90 Å². The summed E-state index contributed by atoms with van der Waals surface area (Å²) in [5.41, 5.74) is 0.871. The summed E-state index contributed by atoms with van der Waals surface area (Å²) in [7, 11) is 0. The van der Waals surface area contributed by atoms with Gasteiger partial charge in [0.2, 0.25) is 5.91 Å². The van der Waals surface area contributed by atoms with Gasteiger partial charge in [0.05, 0.1) is 0 Å². The summed E-state index contributed by atoms with van der Waals surface area (Å²) in [6.45, 7) is 4.34. The average molecular weight is 324 g/mol. The molecule has 116 valence electrons. The van der Waals surface area contributed by atoms with Crippen molar-refractivity contribution in [3.05, 3.63) is 67.3 Å². The number of hydrogen-bond acceptors (Lipinski definition) is 3. The minimum Gasteiger partial charge on any atom is -0.457 e. The average Bonchev–Trinajstić information content (AvgIpc) is 2.85. The first-order valence-electron chi connectivity index (χ1n) is 7.25. The van der Waals surface area contributed by atoms with E-state index in [0.29, 0.717) is 11.7 Å². The molecule has 0 saturated carbocycles. The lowest BCUT2D eigenvalue weighted by Crippen LogP contribution is -2.32. The maximum absolute atomic E-state index is 12.0. The van der Waals surface area contributed by atoms with Crippen LogP contribution in [0.3, 0.4) is 0 Å². The Morgan fingerprint density at radius 2 is 1.74 bits per heavy atom. The zero-order valence-electron chi connectivity index (χ0n) is 12.5. The molecular formula is C18H16N2O2S. The van der Waals surface area contributed by atoms with E-state index in [4.69, 9.17) is 17.0 Å². The fourth-order valence-electron chi connectivity index (χ4n) is 2.37. The molecule has 1 fully saturated rings. The van der Waals surface area contributed by atoms with Crippen LogP contribution < -0.4 is 9.64 Å². The van der Waals surface area contributed by atoms with Gasteiger partial charge in [-0.15, -0.1) is 6.58 Å². The fraction of sp³-hybridized carbons (Fsp3) is 0.111. The number of rotatable bonds is 5. The van der Waals surface area contributed by atoms with E-state index < -0.39 is 0 Å². The summed E-state index contributed by atoms with van der Waals surface area (Å²) in [5, 5.41) is 0.506. The van der Waals surface area contributed by atoms with Crippen LogP contribution in [0.25, 0.3) is 0 Å². The van der Waals surface area contributed by atoms with Crippen molar-refractivity contribution in [2.24, 2.45) is 0 Å². The topological polar surface area (TPSA) is 32.8 Å². The van der Waals surface area contributed by atoms with E-state index in [2.05, 4.69) is 6.58 Å². The Balaban J connectivity index is 1.74. The predicted molar refractivity (Wildman–Crippen MR) is 94.8 cm³/mol. The Hall–Kier alpha value is -2.66. The van der Waals surface area contributed by atoms with Crippen molar-refractivity contribution < 1.29 is 9.53 Å². The Morgan fingerprint density at radius 1 is 1.09 bits per heavy atom. The molecule has 5 heteroatoms. The van der Waals surface area contributed by atoms with Crippen LogP contribution in [0.1, 0.15) is 0 Å². The Bertz CT molecular complexity index is 728. The molecule has 23 heavy (non-hydrogen) atoms. The van der Waals surface area contributed by atoms with Gasteiger partial charge >= 0.3 is 0 Å². The van der Waals surface area contributed by atoms with Crippen LogP contribution in [0.5, 0.6) is 11.5 Å². The van der Waals surface area contributed by atoms with E-state index in [1.54, 1.807) is 11.0 Å². The lowest BCUT2D eigenvalue weighted by atomic mass is 10.3. The van der Waals surface area contributed by atoms with Crippen LogP contribution in [0.2, 0.25) is 0 Å². The van der Waals surface area contributed by atoms with Gasteiger partial charge in [-0.3, -0.25) is 9.69 Å². The summed E-state index contributed by atoms with van der Waals surface area (Å²) < 4.78 is 5.76. The van der Waals surface area contributed by atoms with E-state index in [-0.39, 0.29) is 12.5 Å². The number of anilines is 1. The van der Waals surface area contributed by atoms with Gasteiger partial charge in [-0.2, -0.15) is 0 Å². The summed E-state index contributed by atoms with van der Waals surface area (Å²) in [4.78, 5) is 15.4. The van der Waals surface area contributed by atoms with Crippen molar-refractivity contribution in [2.75, 3.05) is 18.0 Å². The predicted octanol–water partition coefficient (Wildman–Crippen LogP) is 3.60. The molecule has 1 amide bonds. The molecule has 0 aromatic heterocycles. The van der Waals surface area contributed by atoms with Gasteiger partial charge in [0.25, 0.3) is 0 Å². The first kappa shape index (κ1) is 15.2. The number of ether oxygens (including phenoxy) is 1. The third kappa shape index (κ3) is 3.24. The molecule has 1 heterocycles. The molecule has 0 aliphatic carbocycles. The largest absolute Gasteiger partial charge is 0.457 e. The molecule has 2 aromatic carbocycles. The molecule has 1 saturated heterocycles. The number of carbonyl (C=O) groups excluding carboxylic acids is 1. The van der Waals surface area contributed by atoms with E-state index in [1.165, 1.54) is 0 Å². The second-order valence-corrected chi connectivity index (χ2v) is 5.44. The van der Waals surface area contributed by atoms with Crippen LogP contribution in [0.15, 0.2) is 67.3 Å². The summed E-state index contributed by atoms with van der Waals surface area (Å²) in [5.74, 6) is 1.50. The minimum atomic E-state index is -0.0143. The molecule has 0 radical (unpaired) electrons. The molecule has 0 atom stereocenters. The number of thiocarbonyl (C=S) groups is 1. The number of para-hydroxylation sites is 1. The molecule has 0 unspecified atom stereocenters. The van der Waals surface area contributed by atoms with Gasteiger partial charge in [0, 0.05) is 12.2 Å². The van der Waals surface area contributed by atoms with E-state index >= 15 is 0 Å². The SMILES string of the molecule is C=CCN1C(=O)CN(c2ccc(Oc3ccccc3)cc2)C1=S. The molecular weight excluding hydrogens is 308 g/mol. The van der Waals surface area contributed by atoms with Crippen molar-refractivity contribution in [3.8, 4) is 11.5 Å². The van der Waals surface area contributed by atoms with Crippen molar-refractivity contribution >= 4 is 28.9 Å². The highest BCUT2D eigenvalue weighted by molar-refractivity contribution is 7.80. The smallest absolute Gasteiger partial charge is 0.249 e. The van der Waals surface area contributed by atoms with E-state index in [0.717, 1.165) is 17.2 Å². The molecule has 1 aliphatic heterocycles. The van der Waals surface area contributed by atoms with Crippen LogP contribution in [-0.2, 0) is 4.79 Å². The Kier molecular flexibility index (Phi) is 4.39. The maximum atomic E-state index is 12.0. The first-order valence-corrected chi connectivity index (χ1v) is 7.65. The third-order valence-electron chi connectivity index (χ3n) is 3.50. The van der Waals surface area contributed by atoms with Crippen LogP contribution in [-0.4, -0.2) is 29.0 Å². The number of nitrogens with zero attached hydrogens (tertiary/aromatic N) is 2. The van der Waals surface area contributed by atoms with Crippen molar-refractivity contribution in [3.63, 3.8) is 0 Å². The Labute approximate surface area is 140 Å². The molecule has 1 aliphatic rings. The quantitative estimate of drug-likeness (QED) is 0.621. The normalized spacial score (nSPS) is 14.3. The number of carbonyl (C=O) groups is 1. The lowest BCUT2D eigenvalue weighted by molar-refractivity contribution is -0.124. The first-order chi connectivity index (χ1) is 11.2. The molecule has 2 aromatic rings. The van der Waals surface area contributed by atoms with Crippen LogP contribution in [0.4, 0.5) is 5.69 Å². The minimum absolute atomic E-state index is 0.0143. The number of benzene rings is 2. The molecule has 3 rings (SSSR count). The van der Waals surface area contributed by atoms with Gasteiger partial charge in [-0.25, -0.2) is 0 Å². The third-order valence-corrected chi connectivity index (χ3v) is 3.94. The molecule has 0 spiro atoms. The molecule has 4 nitrogen and oxygen atoms in total. The standard InChI is InChI=1S/C18H16N2O2S/c1-2-12-19-17(21)13-20(18(19)23)14-8-10-16(11-9-14)22-15-6-4-3-5-7-15/h2-11H,1,12-13H2. The van der Waals surface area contributed by atoms with Crippen molar-refractivity contribution in [1.29, 1.82) is 0 Å². The summed E-state index contributed by atoms with van der Waals surface area (Å²) in [6.07, 6.45) is 1.67. The zero-order chi connectivity index (χ0) is 16.2. The van der Waals surface area contributed by atoms with Crippen LogP contribution >= 0.6 is 12.2 Å². The summed E-state index contributed by atoms with van der Waals surface area (Å²) >= 11 is 5.38. The van der Waals surface area contributed by atoms with Crippen molar-refractivity contribution in [2.45, 2.75) is 0 Å². The summed E-state index contributed by atoms with van der Waals surface area (Å²) in [6, 6.07) is 17.1. The Morgan fingerprint density at radius 3 is 2.39 bits per heavy atom. The highest BCUT2D eigenvalue weighted by atomic mass is 32.1. The second-order valence-electron chi connectivity index (χ2n) is 5.07. The van der Waals surface area contributed by atoms with E-state index in [1.807, 2.05) is 59.5 Å². The van der Waals surface area contributed by atoms with Crippen LogP contribution in [0, 0.1) is 0 Å². The lowest BCUT2D eigenvalue weighted by Gasteiger charge is -2.19. The molecule has 0 bridgehead atoms. The zero-order valence-corrected chi connectivity index (χ0v) is 13.3. The van der Waals surface area contributed by atoms with E-state index in [9.17, 15) is 4.79 Å². The maximum Gasteiger partial charge on any atom is 0.249 e. The highest BCUT2D eigenvalue weighted by Crippen LogP contribution is 2.26. The van der Waals surface area contributed by atoms with Gasteiger partial charge < -0.3 is 9.64 Å². The van der Waals surface area contributed by atoms with Gasteiger partial charge in [-0.1, -0.05) is 24.3 Å². The fourth-order valence-corrected chi connectivity index (χ4v) is 2.72. The number of hydrogen-bond donors (Lipinski definition) is 0. The highest BCUT2D eigenvalue weighted by Gasteiger charge is 2.32. The molecule has 0 N–H and O–H groups in total. The number of amides is 1. The van der Waals surface area contributed by atoms with Gasteiger partial charge in [-0.05, 0) is 48.6 Å². The van der Waals surface area contributed by atoms with Gasteiger partial charge in [0.15, 0.2) is 5.11 Å². The second kappa shape index (κ2) is 6.62.